The van der Waals surface area contributed by atoms with Gasteiger partial charge in [0.2, 0.25) is 0 Å². The normalized spacial score (nSPS) is 14.9. The van der Waals surface area contributed by atoms with Gasteiger partial charge in [0.05, 0.1) is 24.4 Å². The summed E-state index contributed by atoms with van der Waals surface area (Å²) in [4.78, 5) is 19.1. The first kappa shape index (κ1) is 18.6. The van der Waals surface area contributed by atoms with E-state index in [0.29, 0.717) is 23.8 Å². The van der Waals surface area contributed by atoms with Gasteiger partial charge in [0.25, 0.3) is 11.1 Å². The van der Waals surface area contributed by atoms with Gasteiger partial charge in [-0.15, -0.1) is 0 Å². The summed E-state index contributed by atoms with van der Waals surface area (Å²) in [5.74, 6) is 1.58. The Morgan fingerprint density at radius 3 is 2.39 bits per heavy atom. The molecule has 146 valence electrons. The molecule has 3 aromatic rings. The van der Waals surface area contributed by atoms with Gasteiger partial charge in [-0.05, 0) is 36.4 Å². The van der Waals surface area contributed by atoms with Crippen LogP contribution in [0, 0.1) is 0 Å². The van der Waals surface area contributed by atoms with E-state index >= 15 is 0 Å². The van der Waals surface area contributed by atoms with Gasteiger partial charge in [-0.1, -0.05) is 11.3 Å². The zero-order valence-electron chi connectivity index (χ0n) is 15.9. The highest BCUT2D eigenvalue weighted by molar-refractivity contribution is 7.20. The lowest BCUT2D eigenvalue weighted by atomic mass is 10.1. The lowest BCUT2D eigenvalue weighted by molar-refractivity contribution is 0.0595. The summed E-state index contributed by atoms with van der Waals surface area (Å²) in [7, 11) is 3.26. The van der Waals surface area contributed by atoms with Crippen molar-refractivity contribution in [3.8, 4) is 16.7 Å². The summed E-state index contributed by atoms with van der Waals surface area (Å²) in [5, 5.41) is 0.670. The molecule has 0 aliphatic carbocycles. The summed E-state index contributed by atoms with van der Waals surface area (Å²) >= 11 is 1.54. The minimum absolute atomic E-state index is 0.0492. The molecule has 1 saturated heterocycles. The Kier molecular flexibility index (Phi) is 5.34. The molecule has 2 heterocycles. The van der Waals surface area contributed by atoms with Crippen LogP contribution in [0.15, 0.2) is 42.5 Å². The predicted octanol–water partition coefficient (Wildman–Crippen LogP) is 4.00. The maximum atomic E-state index is 12.7. The van der Waals surface area contributed by atoms with Crippen LogP contribution in [-0.2, 0) is 0 Å². The minimum atomic E-state index is 0.0492. The number of piperidine rings is 1. The number of carbonyl (C=O) groups excluding carboxylic acids is 1. The van der Waals surface area contributed by atoms with Crippen molar-refractivity contribution in [2.24, 2.45) is 0 Å². The zero-order valence-corrected chi connectivity index (χ0v) is 16.7. The van der Waals surface area contributed by atoms with Crippen molar-refractivity contribution < 1.29 is 19.0 Å². The molecule has 4 rings (SSSR count). The number of fused-ring (bicyclic) bond motifs is 1. The molecule has 0 atom stereocenters. The van der Waals surface area contributed by atoms with Crippen molar-refractivity contribution in [2.45, 2.75) is 18.9 Å². The first-order chi connectivity index (χ1) is 13.7. The number of benzene rings is 2. The van der Waals surface area contributed by atoms with Crippen LogP contribution in [0.3, 0.4) is 0 Å². The number of aromatic nitrogens is 1. The average molecular weight is 398 g/mol. The Balaban J connectivity index is 1.35. The Hall–Kier alpha value is -2.80. The van der Waals surface area contributed by atoms with E-state index in [1.807, 2.05) is 35.2 Å². The maximum Gasteiger partial charge on any atom is 0.274 e. The second-order valence-electron chi connectivity index (χ2n) is 6.65. The lowest BCUT2D eigenvalue weighted by Gasteiger charge is -2.31. The second-order valence-corrected chi connectivity index (χ2v) is 7.64. The Morgan fingerprint density at radius 1 is 1.04 bits per heavy atom. The van der Waals surface area contributed by atoms with E-state index in [1.54, 1.807) is 26.4 Å². The SMILES string of the molecule is COc1ccc(C(=O)N2CCC(Oc3nc4cc(OC)ccc4s3)CC2)cc1. The molecule has 1 fully saturated rings. The third-order valence-electron chi connectivity index (χ3n) is 4.91. The third-order valence-corrected chi connectivity index (χ3v) is 5.84. The number of thiazole rings is 1. The summed E-state index contributed by atoms with van der Waals surface area (Å²) in [6, 6.07) is 13.1. The molecule has 0 radical (unpaired) electrons. The maximum absolute atomic E-state index is 12.7. The number of likely N-dealkylation sites (tertiary alicyclic amines) is 1. The van der Waals surface area contributed by atoms with Gasteiger partial charge in [0.15, 0.2) is 0 Å². The quantitative estimate of drug-likeness (QED) is 0.650. The molecule has 1 aliphatic heterocycles. The standard InChI is InChI=1S/C21H22N2O4S/c1-25-15-5-3-14(4-6-15)20(24)23-11-9-16(10-12-23)27-21-22-18-13-17(26-2)7-8-19(18)28-21/h3-8,13,16H,9-12H2,1-2H3. The highest BCUT2D eigenvalue weighted by Crippen LogP contribution is 2.32. The number of methoxy groups -OCH3 is 2. The fraction of sp³-hybridized carbons (Fsp3) is 0.333. The molecular weight excluding hydrogens is 376 g/mol. The highest BCUT2D eigenvalue weighted by atomic mass is 32.1. The Morgan fingerprint density at radius 2 is 1.71 bits per heavy atom. The van der Waals surface area contributed by atoms with E-state index in [1.165, 1.54) is 11.3 Å². The molecular formula is C21H22N2O4S. The van der Waals surface area contributed by atoms with Gasteiger partial charge in [0.1, 0.15) is 17.6 Å². The van der Waals surface area contributed by atoms with Crippen LogP contribution in [-0.4, -0.2) is 49.2 Å². The minimum Gasteiger partial charge on any atom is -0.497 e. The van der Waals surface area contributed by atoms with Gasteiger partial charge in [0, 0.05) is 37.6 Å². The molecule has 6 nitrogen and oxygen atoms in total. The number of rotatable bonds is 5. The first-order valence-corrected chi connectivity index (χ1v) is 10.0. The zero-order chi connectivity index (χ0) is 19.5. The number of nitrogens with zero attached hydrogens (tertiary/aromatic N) is 2. The molecule has 1 aliphatic rings. The van der Waals surface area contributed by atoms with Gasteiger partial charge >= 0.3 is 0 Å². The van der Waals surface area contributed by atoms with Crippen molar-refractivity contribution in [1.29, 1.82) is 0 Å². The number of amides is 1. The number of ether oxygens (including phenoxy) is 3. The molecule has 0 N–H and O–H groups in total. The van der Waals surface area contributed by atoms with Crippen LogP contribution in [0.5, 0.6) is 16.7 Å². The van der Waals surface area contributed by atoms with Crippen molar-refractivity contribution in [3.05, 3.63) is 48.0 Å². The van der Waals surface area contributed by atoms with Crippen LogP contribution in [0.25, 0.3) is 10.2 Å². The van der Waals surface area contributed by atoms with Crippen LogP contribution in [0.4, 0.5) is 0 Å². The average Bonchev–Trinajstić information content (AvgIpc) is 3.15. The molecule has 28 heavy (non-hydrogen) atoms. The van der Waals surface area contributed by atoms with Crippen LogP contribution >= 0.6 is 11.3 Å². The summed E-state index contributed by atoms with van der Waals surface area (Å²) < 4.78 is 17.6. The molecule has 2 aromatic carbocycles. The van der Waals surface area contributed by atoms with Crippen molar-refractivity contribution in [3.63, 3.8) is 0 Å². The van der Waals surface area contributed by atoms with Gasteiger partial charge in [-0.3, -0.25) is 4.79 Å². The molecule has 0 bridgehead atoms. The van der Waals surface area contributed by atoms with Crippen molar-refractivity contribution in [1.82, 2.24) is 9.88 Å². The topological polar surface area (TPSA) is 60.9 Å². The van der Waals surface area contributed by atoms with E-state index in [9.17, 15) is 4.79 Å². The Bertz CT molecular complexity index is 962. The van der Waals surface area contributed by atoms with E-state index in [-0.39, 0.29) is 12.0 Å². The summed E-state index contributed by atoms with van der Waals surface area (Å²) in [5.41, 5.74) is 1.56. The number of hydrogen-bond donors (Lipinski definition) is 0. The molecule has 1 amide bonds. The highest BCUT2D eigenvalue weighted by Gasteiger charge is 2.25. The monoisotopic (exact) mass is 398 g/mol. The molecule has 0 unspecified atom stereocenters. The fourth-order valence-electron chi connectivity index (χ4n) is 3.30. The van der Waals surface area contributed by atoms with Gasteiger partial charge < -0.3 is 19.1 Å². The molecule has 0 spiro atoms. The van der Waals surface area contributed by atoms with Crippen molar-refractivity contribution >= 4 is 27.5 Å². The van der Waals surface area contributed by atoms with Gasteiger partial charge in [-0.2, -0.15) is 0 Å². The number of hydrogen-bond acceptors (Lipinski definition) is 6. The van der Waals surface area contributed by atoms with E-state index < -0.39 is 0 Å². The van der Waals surface area contributed by atoms with Gasteiger partial charge in [-0.25, -0.2) is 4.98 Å². The first-order valence-electron chi connectivity index (χ1n) is 9.21. The fourth-order valence-corrected chi connectivity index (χ4v) is 4.16. The second kappa shape index (κ2) is 8.06. The predicted molar refractivity (Wildman–Crippen MR) is 109 cm³/mol. The third kappa shape index (κ3) is 3.89. The molecule has 0 saturated carbocycles. The van der Waals surface area contributed by atoms with Crippen LogP contribution in [0.1, 0.15) is 23.2 Å². The summed E-state index contributed by atoms with van der Waals surface area (Å²) in [6.45, 7) is 1.35. The van der Waals surface area contributed by atoms with E-state index in [0.717, 1.165) is 34.6 Å². The van der Waals surface area contributed by atoms with E-state index in [4.69, 9.17) is 14.2 Å². The van der Waals surface area contributed by atoms with E-state index in [2.05, 4.69) is 4.98 Å². The smallest absolute Gasteiger partial charge is 0.274 e. The largest absolute Gasteiger partial charge is 0.497 e. The lowest BCUT2D eigenvalue weighted by Crippen LogP contribution is -2.41. The van der Waals surface area contributed by atoms with Crippen LogP contribution in [0.2, 0.25) is 0 Å². The summed E-state index contributed by atoms with van der Waals surface area (Å²) in [6.07, 6.45) is 1.66. The molecule has 1 aromatic heterocycles. The van der Waals surface area contributed by atoms with Crippen LogP contribution < -0.4 is 14.2 Å². The molecule has 7 heteroatoms. The Labute approximate surface area is 167 Å². The van der Waals surface area contributed by atoms with Crippen molar-refractivity contribution in [2.75, 3.05) is 27.3 Å². The number of carbonyl (C=O) groups is 1.